The smallest absolute Gasteiger partial charge is 0.269 e. The molecule has 1 aromatic rings. The quantitative estimate of drug-likeness (QED) is 0.811. The minimum Gasteiger partial charge on any atom is -0.497 e. The summed E-state index contributed by atoms with van der Waals surface area (Å²) in [4.78, 5) is 24.3. The Morgan fingerprint density at radius 1 is 1.04 bits per heavy atom. The van der Waals surface area contributed by atoms with E-state index < -0.39 is 5.91 Å². The molecule has 0 saturated heterocycles. The molecular formula is C18H24N2O4. The molecule has 0 aliphatic heterocycles. The number of carbonyl (C=O) groups is 2. The highest BCUT2D eigenvalue weighted by atomic mass is 16.5. The van der Waals surface area contributed by atoms with Gasteiger partial charge in [0.25, 0.3) is 5.91 Å². The van der Waals surface area contributed by atoms with Crippen molar-refractivity contribution < 1.29 is 19.1 Å². The maximum atomic E-state index is 12.2. The molecule has 24 heavy (non-hydrogen) atoms. The zero-order valence-corrected chi connectivity index (χ0v) is 14.1. The number of hydrogen-bond acceptors (Lipinski definition) is 4. The number of ether oxygens (including phenoxy) is 2. The summed E-state index contributed by atoms with van der Waals surface area (Å²) in [5, 5.41) is 0. The molecule has 3 rings (SSSR count). The van der Waals surface area contributed by atoms with Crippen LogP contribution in [0.3, 0.4) is 0 Å². The molecule has 0 spiro atoms. The number of nitrogens with one attached hydrogen (secondary N) is 2. The first-order valence-electron chi connectivity index (χ1n) is 8.41. The molecule has 2 N–H and O–H groups in total. The summed E-state index contributed by atoms with van der Waals surface area (Å²) in [6.07, 6.45) is 5.48. The molecule has 0 radical (unpaired) electrons. The van der Waals surface area contributed by atoms with Crippen molar-refractivity contribution in [1.82, 2.24) is 10.9 Å². The zero-order valence-electron chi connectivity index (χ0n) is 14.1. The molecule has 2 fully saturated rings. The second-order valence-electron chi connectivity index (χ2n) is 6.74. The molecular weight excluding hydrogens is 308 g/mol. The van der Waals surface area contributed by atoms with Crippen LogP contribution in [-0.4, -0.2) is 26.0 Å². The van der Waals surface area contributed by atoms with Crippen LogP contribution in [0.25, 0.3) is 0 Å². The van der Waals surface area contributed by atoms with Crippen LogP contribution in [0, 0.1) is 17.8 Å². The number of carbonyl (C=O) groups excluding carboxylic acids is 2. The Kier molecular flexibility index (Phi) is 4.92. The van der Waals surface area contributed by atoms with Gasteiger partial charge in [0.1, 0.15) is 11.5 Å². The summed E-state index contributed by atoms with van der Waals surface area (Å²) in [6.45, 7) is 0. The van der Waals surface area contributed by atoms with Crippen molar-refractivity contribution in [1.29, 1.82) is 0 Å². The van der Waals surface area contributed by atoms with E-state index in [9.17, 15) is 9.59 Å². The Balaban J connectivity index is 1.52. The average molecular weight is 332 g/mol. The third kappa shape index (κ3) is 3.63. The van der Waals surface area contributed by atoms with Crippen molar-refractivity contribution in [2.75, 3.05) is 14.2 Å². The predicted octanol–water partition coefficient (Wildman–Crippen LogP) is 2.29. The number of fused-ring (bicyclic) bond motifs is 2. The molecule has 2 aliphatic carbocycles. The van der Waals surface area contributed by atoms with Gasteiger partial charge in [0.05, 0.1) is 14.2 Å². The molecule has 130 valence electrons. The van der Waals surface area contributed by atoms with Crippen LogP contribution in [0.1, 0.15) is 42.5 Å². The van der Waals surface area contributed by atoms with E-state index in [1.165, 1.54) is 33.5 Å². The van der Waals surface area contributed by atoms with E-state index in [0.717, 1.165) is 12.3 Å². The van der Waals surface area contributed by atoms with Crippen molar-refractivity contribution in [3.8, 4) is 11.5 Å². The lowest BCUT2D eigenvalue weighted by atomic mass is 9.86. The van der Waals surface area contributed by atoms with Crippen molar-refractivity contribution in [3.05, 3.63) is 23.8 Å². The van der Waals surface area contributed by atoms with Gasteiger partial charge in [0.15, 0.2) is 0 Å². The van der Waals surface area contributed by atoms with E-state index >= 15 is 0 Å². The minimum atomic E-state index is -0.395. The van der Waals surface area contributed by atoms with Crippen molar-refractivity contribution >= 4 is 11.8 Å². The van der Waals surface area contributed by atoms with Gasteiger partial charge in [-0.15, -0.1) is 0 Å². The Morgan fingerprint density at radius 2 is 1.75 bits per heavy atom. The Hall–Kier alpha value is -2.24. The maximum absolute atomic E-state index is 12.2. The molecule has 1 aromatic carbocycles. The van der Waals surface area contributed by atoms with Crippen molar-refractivity contribution in [2.45, 2.75) is 32.1 Å². The second kappa shape index (κ2) is 7.11. The Morgan fingerprint density at radius 3 is 2.29 bits per heavy atom. The van der Waals surface area contributed by atoms with E-state index in [1.54, 1.807) is 18.2 Å². The molecule has 2 saturated carbocycles. The molecule has 2 aliphatic rings. The molecule has 0 aromatic heterocycles. The monoisotopic (exact) mass is 332 g/mol. The number of methoxy groups -OCH3 is 2. The van der Waals surface area contributed by atoms with E-state index in [0.29, 0.717) is 35.3 Å². The minimum absolute atomic E-state index is 0.129. The largest absolute Gasteiger partial charge is 0.497 e. The van der Waals surface area contributed by atoms with E-state index in [2.05, 4.69) is 10.9 Å². The molecule has 3 atom stereocenters. The third-order valence-corrected chi connectivity index (χ3v) is 5.26. The van der Waals surface area contributed by atoms with Crippen LogP contribution in [0.15, 0.2) is 18.2 Å². The average Bonchev–Trinajstić information content (AvgIpc) is 3.22. The van der Waals surface area contributed by atoms with Gasteiger partial charge in [-0.05, 0) is 49.1 Å². The van der Waals surface area contributed by atoms with Gasteiger partial charge < -0.3 is 9.47 Å². The SMILES string of the molecule is COc1cc(OC)cc(C(=O)NNC(=O)C[C@@H]2C[C@@H]3CC[C@@H]2C3)c1. The highest BCUT2D eigenvalue weighted by Crippen LogP contribution is 2.49. The van der Waals surface area contributed by atoms with Gasteiger partial charge in [-0.25, -0.2) is 0 Å². The lowest BCUT2D eigenvalue weighted by Crippen LogP contribution is -2.42. The van der Waals surface area contributed by atoms with E-state index in [-0.39, 0.29) is 5.91 Å². The Labute approximate surface area is 141 Å². The first-order valence-corrected chi connectivity index (χ1v) is 8.41. The first-order chi connectivity index (χ1) is 11.6. The number of benzene rings is 1. The summed E-state index contributed by atoms with van der Waals surface area (Å²) >= 11 is 0. The normalized spacial score (nSPS) is 24.5. The predicted molar refractivity (Wildman–Crippen MR) is 88.7 cm³/mol. The topological polar surface area (TPSA) is 76.7 Å². The number of hydrazine groups is 1. The lowest BCUT2D eigenvalue weighted by molar-refractivity contribution is -0.123. The molecule has 6 nitrogen and oxygen atoms in total. The van der Waals surface area contributed by atoms with Crippen LogP contribution < -0.4 is 20.3 Å². The summed E-state index contributed by atoms with van der Waals surface area (Å²) in [5.74, 6) is 2.49. The lowest BCUT2D eigenvalue weighted by Gasteiger charge is -2.20. The third-order valence-electron chi connectivity index (χ3n) is 5.26. The van der Waals surface area contributed by atoms with Crippen LogP contribution >= 0.6 is 0 Å². The van der Waals surface area contributed by atoms with Gasteiger partial charge in [0.2, 0.25) is 5.91 Å². The molecule has 2 amide bonds. The van der Waals surface area contributed by atoms with Gasteiger partial charge in [-0.1, -0.05) is 6.42 Å². The number of amides is 2. The highest BCUT2D eigenvalue weighted by molar-refractivity contribution is 5.96. The highest BCUT2D eigenvalue weighted by Gasteiger charge is 2.40. The summed E-state index contributed by atoms with van der Waals surface area (Å²) in [5.41, 5.74) is 5.36. The second-order valence-corrected chi connectivity index (χ2v) is 6.74. The van der Waals surface area contributed by atoms with Crippen molar-refractivity contribution in [2.24, 2.45) is 17.8 Å². The molecule has 2 bridgehead atoms. The Bertz CT molecular complexity index is 609. The fourth-order valence-corrected chi connectivity index (χ4v) is 4.05. The summed E-state index contributed by atoms with van der Waals surface area (Å²) < 4.78 is 10.3. The van der Waals surface area contributed by atoms with Gasteiger partial charge >= 0.3 is 0 Å². The fourth-order valence-electron chi connectivity index (χ4n) is 4.05. The fraction of sp³-hybridized carbons (Fsp3) is 0.556. The van der Waals surface area contributed by atoms with Gasteiger partial charge in [0, 0.05) is 18.1 Å². The molecule has 0 heterocycles. The van der Waals surface area contributed by atoms with Crippen LogP contribution in [0.4, 0.5) is 0 Å². The van der Waals surface area contributed by atoms with Crippen LogP contribution in [0.2, 0.25) is 0 Å². The van der Waals surface area contributed by atoms with Gasteiger partial charge in [-0.3, -0.25) is 20.4 Å². The first kappa shape index (κ1) is 16.6. The van der Waals surface area contributed by atoms with Crippen LogP contribution in [0.5, 0.6) is 11.5 Å². The number of rotatable bonds is 5. The maximum Gasteiger partial charge on any atom is 0.269 e. The van der Waals surface area contributed by atoms with Gasteiger partial charge in [-0.2, -0.15) is 0 Å². The van der Waals surface area contributed by atoms with Crippen molar-refractivity contribution in [3.63, 3.8) is 0 Å². The zero-order chi connectivity index (χ0) is 17.1. The molecule has 6 heteroatoms. The number of hydrogen-bond donors (Lipinski definition) is 2. The van der Waals surface area contributed by atoms with E-state index in [4.69, 9.17) is 9.47 Å². The molecule has 0 unspecified atom stereocenters. The summed E-state index contributed by atoms with van der Waals surface area (Å²) in [6, 6.07) is 4.88. The summed E-state index contributed by atoms with van der Waals surface area (Å²) in [7, 11) is 3.04. The van der Waals surface area contributed by atoms with E-state index in [1.807, 2.05) is 0 Å². The van der Waals surface area contributed by atoms with Crippen LogP contribution in [-0.2, 0) is 4.79 Å². The standard InChI is InChI=1S/C18H24N2O4/c1-23-15-7-14(8-16(10-15)24-2)18(22)20-19-17(21)9-13-6-11-3-4-12(13)5-11/h7-8,10-13H,3-6,9H2,1-2H3,(H,19,21)(H,20,22)/t11-,12-,13+/m1/s1.